The highest BCUT2D eigenvalue weighted by Crippen LogP contribution is 2.51. The number of amides is 1. The van der Waals surface area contributed by atoms with E-state index in [1.54, 1.807) is 6.07 Å². The van der Waals surface area contributed by atoms with Gasteiger partial charge in [-0.05, 0) is 66.4 Å². The van der Waals surface area contributed by atoms with Gasteiger partial charge < -0.3 is 14.8 Å². The third-order valence-electron chi connectivity index (χ3n) is 5.83. The molecular formula is C23H19FN2O5S. The fraction of sp³-hybridized carbons (Fsp3) is 0.174. The van der Waals surface area contributed by atoms with E-state index >= 15 is 0 Å². The molecule has 9 heteroatoms. The molecule has 32 heavy (non-hydrogen) atoms. The average Bonchev–Trinajstić information content (AvgIpc) is 3.45. The van der Waals surface area contributed by atoms with Crippen molar-refractivity contribution in [3.05, 3.63) is 72.0 Å². The number of fused-ring (bicyclic) bond motifs is 1. The summed E-state index contributed by atoms with van der Waals surface area (Å²) in [6.07, 6.45) is 1.39. The molecule has 0 atom stereocenters. The second-order valence-electron chi connectivity index (χ2n) is 7.87. The molecule has 0 radical (unpaired) electrons. The first-order valence-corrected chi connectivity index (χ1v) is 11.5. The Bertz CT molecular complexity index is 1330. The standard InChI is InChI=1S/C23H19FN2O5S/c24-19-7-4-16(12-18(19)14-1-5-17(6-2-14)32(25,28)29)26-22(27)23(9-10-23)15-3-8-20-21(11-15)31-13-30-20/h1-8,11-12H,9-10,13H2,(H,26,27)(H2,25,28,29). The van der Waals surface area contributed by atoms with Crippen molar-refractivity contribution >= 4 is 21.6 Å². The van der Waals surface area contributed by atoms with Gasteiger partial charge >= 0.3 is 0 Å². The monoisotopic (exact) mass is 454 g/mol. The molecule has 0 spiro atoms. The van der Waals surface area contributed by atoms with Crippen molar-refractivity contribution in [1.82, 2.24) is 0 Å². The van der Waals surface area contributed by atoms with Gasteiger partial charge in [0.1, 0.15) is 5.82 Å². The molecule has 3 aromatic carbocycles. The number of nitrogens with one attached hydrogen (secondary N) is 1. The summed E-state index contributed by atoms with van der Waals surface area (Å²) < 4.78 is 48.1. The number of ether oxygens (including phenoxy) is 2. The number of benzene rings is 3. The maximum absolute atomic E-state index is 14.5. The third-order valence-corrected chi connectivity index (χ3v) is 6.76. The van der Waals surface area contributed by atoms with Crippen LogP contribution in [0, 0.1) is 5.82 Å². The van der Waals surface area contributed by atoms with Crippen LogP contribution in [0.15, 0.2) is 65.6 Å². The van der Waals surface area contributed by atoms with E-state index in [1.165, 1.54) is 42.5 Å². The maximum Gasteiger partial charge on any atom is 0.238 e. The van der Waals surface area contributed by atoms with Gasteiger partial charge in [-0.25, -0.2) is 17.9 Å². The van der Waals surface area contributed by atoms with E-state index in [0.717, 1.165) is 5.56 Å². The number of hydrogen-bond donors (Lipinski definition) is 2. The lowest BCUT2D eigenvalue weighted by atomic mass is 9.94. The predicted molar refractivity (Wildman–Crippen MR) is 115 cm³/mol. The third kappa shape index (κ3) is 3.59. The fourth-order valence-electron chi connectivity index (χ4n) is 3.87. The zero-order valence-corrected chi connectivity index (χ0v) is 17.6. The maximum atomic E-state index is 14.5. The van der Waals surface area contributed by atoms with Gasteiger partial charge in [-0.1, -0.05) is 18.2 Å². The molecule has 0 saturated heterocycles. The van der Waals surface area contributed by atoms with Crippen molar-refractivity contribution in [2.75, 3.05) is 12.1 Å². The summed E-state index contributed by atoms with van der Waals surface area (Å²) in [7, 11) is -3.84. The molecule has 1 aliphatic carbocycles. The second-order valence-corrected chi connectivity index (χ2v) is 9.43. The molecule has 7 nitrogen and oxygen atoms in total. The lowest BCUT2D eigenvalue weighted by Gasteiger charge is -2.17. The van der Waals surface area contributed by atoms with E-state index in [9.17, 15) is 17.6 Å². The summed E-state index contributed by atoms with van der Waals surface area (Å²) in [5.41, 5.74) is 1.32. The van der Waals surface area contributed by atoms with Gasteiger partial charge in [-0.15, -0.1) is 0 Å². The summed E-state index contributed by atoms with van der Waals surface area (Å²) >= 11 is 0. The Morgan fingerprint density at radius 2 is 1.69 bits per heavy atom. The summed E-state index contributed by atoms with van der Waals surface area (Å²) in [5.74, 6) is 0.594. The first kappa shape index (κ1) is 20.5. The summed E-state index contributed by atoms with van der Waals surface area (Å²) in [6.45, 7) is 0.161. The molecule has 0 bridgehead atoms. The van der Waals surface area contributed by atoms with Crippen LogP contribution >= 0.6 is 0 Å². The molecule has 0 unspecified atom stereocenters. The minimum Gasteiger partial charge on any atom is -0.454 e. The number of nitrogens with two attached hydrogens (primary N) is 1. The zero-order valence-electron chi connectivity index (χ0n) is 16.8. The van der Waals surface area contributed by atoms with E-state index in [2.05, 4.69) is 5.32 Å². The van der Waals surface area contributed by atoms with Crippen LogP contribution in [0.5, 0.6) is 11.5 Å². The van der Waals surface area contributed by atoms with Gasteiger partial charge in [0.25, 0.3) is 0 Å². The van der Waals surface area contributed by atoms with Crippen LogP contribution in [0.3, 0.4) is 0 Å². The van der Waals surface area contributed by atoms with Crippen molar-refractivity contribution in [3.8, 4) is 22.6 Å². The van der Waals surface area contributed by atoms with Gasteiger partial charge in [-0.3, -0.25) is 4.79 Å². The van der Waals surface area contributed by atoms with Crippen molar-refractivity contribution in [2.24, 2.45) is 5.14 Å². The van der Waals surface area contributed by atoms with Gasteiger partial charge in [0, 0.05) is 11.3 Å². The van der Waals surface area contributed by atoms with Crippen LogP contribution in [0.4, 0.5) is 10.1 Å². The SMILES string of the molecule is NS(=O)(=O)c1ccc(-c2cc(NC(=O)C3(c4ccc5c(c4)OCO5)CC3)ccc2F)cc1. The number of halogens is 1. The minimum atomic E-state index is -3.84. The number of primary sulfonamides is 1. The van der Waals surface area contributed by atoms with Crippen LogP contribution in [0.1, 0.15) is 18.4 Å². The molecule has 3 aromatic rings. The predicted octanol–water partition coefficient (Wildman–Crippen LogP) is 3.54. The number of sulfonamides is 1. The van der Waals surface area contributed by atoms with E-state index < -0.39 is 21.3 Å². The first-order chi connectivity index (χ1) is 15.3. The van der Waals surface area contributed by atoms with Gasteiger partial charge in [0.05, 0.1) is 10.3 Å². The lowest BCUT2D eigenvalue weighted by Crippen LogP contribution is -2.27. The highest BCUT2D eigenvalue weighted by Gasteiger charge is 2.51. The van der Waals surface area contributed by atoms with Crippen molar-refractivity contribution in [1.29, 1.82) is 0 Å². The molecule has 1 fully saturated rings. The molecule has 1 aliphatic heterocycles. The molecule has 1 heterocycles. The fourth-order valence-corrected chi connectivity index (χ4v) is 4.38. The minimum absolute atomic E-state index is 0.0643. The Morgan fingerprint density at radius 1 is 0.969 bits per heavy atom. The number of anilines is 1. The second kappa shape index (κ2) is 7.32. The Labute approximate surface area is 184 Å². The number of hydrogen-bond acceptors (Lipinski definition) is 5. The molecule has 164 valence electrons. The molecule has 3 N–H and O–H groups in total. The molecule has 2 aliphatic rings. The molecule has 5 rings (SSSR count). The molecular weight excluding hydrogens is 435 g/mol. The Kier molecular flexibility index (Phi) is 4.68. The van der Waals surface area contributed by atoms with Crippen molar-refractivity contribution < 1.29 is 27.1 Å². The number of carbonyl (C=O) groups excluding carboxylic acids is 1. The number of rotatable bonds is 5. The smallest absolute Gasteiger partial charge is 0.238 e. The Morgan fingerprint density at radius 3 is 2.38 bits per heavy atom. The summed E-state index contributed by atoms with van der Waals surface area (Å²) in [5, 5.41) is 8.01. The van der Waals surface area contributed by atoms with E-state index in [-0.39, 0.29) is 23.2 Å². The zero-order chi connectivity index (χ0) is 22.5. The first-order valence-electron chi connectivity index (χ1n) is 9.91. The average molecular weight is 454 g/mol. The lowest BCUT2D eigenvalue weighted by molar-refractivity contribution is -0.118. The van der Waals surface area contributed by atoms with Crippen molar-refractivity contribution in [3.63, 3.8) is 0 Å². The van der Waals surface area contributed by atoms with Gasteiger partial charge in [0.2, 0.25) is 22.7 Å². The van der Waals surface area contributed by atoms with E-state index in [4.69, 9.17) is 14.6 Å². The van der Waals surface area contributed by atoms with Crippen LogP contribution in [-0.2, 0) is 20.2 Å². The Hall–Kier alpha value is -3.43. The highest BCUT2D eigenvalue weighted by atomic mass is 32.2. The van der Waals surface area contributed by atoms with Crippen LogP contribution in [-0.4, -0.2) is 21.1 Å². The topological polar surface area (TPSA) is 108 Å². The Balaban J connectivity index is 1.40. The van der Waals surface area contributed by atoms with E-state index in [1.807, 2.05) is 12.1 Å². The molecule has 1 saturated carbocycles. The van der Waals surface area contributed by atoms with Crippen LogP contribution < -0.4 is 19.9 Å². The van der Waals surface area contributed by atoms with E-state index in [0.29, 0.717) is 35.6 Å². The van der Waals surface area contributed by atoms with Crippen LogP contribution in [0.25, 0.3) is 11.1 Å². The summed E-state index contributed by atoms with van der Waals surface area (Å²) in [4.78, 5) is 13.1. The molecule has 0 aromatic heterocycles. The highest BCUT2D eigenvalue weighted by molar-refractivity contribution is 7.89. The van der Waals surface area contributed by atoms with Gasteiger partial charge in [0.15, 0.2) is 11.5 Å². The van der Waals surface area contributed by atoms with Gasteiger partial charge in [-0.2, -0.15) is 0 Å². The normalized spacial score (nSPS) is 15.9. The molecule has 1 amide bonds. The summed E-state index contributed by atoms with van der Waals surface area (Å²) in [6, 6.07) is 15.3. The van der Waals surface area contributed by atoms with Crippen LogP contribution in [0.2, 0.25) is 0 Å². The largest absolute Gasteiger partial charge is 0.454 e. The quantitative estimate of drug-likeness (QED) is 0.613. The van der Waals surface area contributed by atoms with Crippen molar-refractivity contribution in [2.45, 2.75) is 23.2 Å². The number of carbonyl (C=O) groups is 1.